The standard InChI is InChI=1S/C24H23Cl2N3O4S/c1-2-33-24(32)15-3-6-17(7-4-15)27-20(30)14-28-9-11-29(12-10-28)23(31)22-21(26)18-8-5-16(25)13-19(18)34-22/h3-8,13H,2,9-12,14H2,1H3,(H,27,30). The first-order chi connectivity index (χ1) is 16.4. The number of hydrogen-bond donors (Lipinski definition) is 1. The third kappa shape index (κ3) is 5.52. The van der Waals surface area contributed by atoms with Crippen LogP contribution in [0.5, 0.6) is 0 Å². The molecular weight excluding hydrogens is 497 g/mol. The summed E-state index contributed by atoms with van der Waals surface area (Å²) in [6.45, 7) is 4.44. The van der Waals surface area contributed by atoms with Crippen LogP contribution in [0.4, 0.5) is 5.69 Å². The van der Waals surface area contributed by atoms with Crippen molar-refractivity contribution < 1.29 is 19.1 Å². The van der Waals surface area contributed by atoms with Gasteiger partial charge in [-0.15, -0.1) is 11.3 Å². The number of nitrogens with zero attached hydrogens (tertiary/aromatic N) is 2. The summed E-state index contributed by atoms with van der Waals surface area (Å²) in [5.41, 5.74) is 1.04. The topological polar surface area (TPSA) is 79.0 Å². The van der Waals surface area contributed by atoms with Crippen LogP contribution in [0.25, 0.3) is 10.1 Å². The molecule has 178 valence electrons. The van der Waals surface area contributed by atoms with Gasteiger partial charge in [-0.25, -0.2) is 4.79 Å². The number of hydrogen-bond acceptors (Lipinski definition) is 6. The normalized spacial score (nSPS) is 14.3. The number of amides is 2. The number of nitrogens with one attached hydrogen (secondary N) is 1. The summed E-state index contributed by atoms with van der Waals surface area (Å²) >= 11 is 13.9. The summed E-state index contributed by atoms with van der Waals surface area (Å²) in [7, 11) is 0. The van der Waals surface area contributed by atoms with Crippen molar-refractivity contribution in [2.75, 3.05) is 44.6 Å². The lowest BCUT2D eigenvalue weighted by Gasteiger charge is -2.34. The highest BCUT2D eigenvalue weighted by molar-refractivity contribution is 7.21. The Balaban J connectivity index is 1.29. The summed E-state index contributed by atoms with van der Waals surface area (Å²) in [4.78, 5) is 41.5. The molecule has 0 spiro atoms. The number of esters is 1. The average Bonchev–Trinajstić information content (AvgIpc) is 3.15. The number of thiophene rings is 1. The first-order valence-electron chi connectivity index (χ1n) is 10.8. The van der Waals surface area contributed by atoms with Crippen LogP contribution >= 0.6 is 34.5 Å². The maximum absolute atomic E-state index is 13.0. The van der Waals surface area contributed by atoms with Gasteiger partial charge < -0.3 is 15.0 Å². The number of halogens is 2. The molecule has 3 aromatic rings. The zero-order chi connectivity index (χ0) is 24.2. The van der Waals surface area contributed by atoms with Gasteiger partial charge >= 0.3 is 5.97 Å². The maximum Gasteiger partial charge on any atom is 0.338 e. The van der Waals surface area contributed by atoms with E-state index in [0.29, 0.717) is 59.0 Å². The molecule has 7 nitrogen and oxygen atoms in total. The highest BCUT2D eigenvalue weighted by atomic mass is 35.5. The smallest absolute Gasteiger partial charge is 0.338 e. The minimum atomic E-state index is -0.395. The molecule has 1 saturated heterocycles. The summed E-state index contributed by atoms with van der Waals surface area (Å²) in [6, 6.07) is 12.0. The van der Waals surface area contributed by atoms with Crippen molar-refractivity contribution in [3.8, 4) is 0 Å². The zero-order valence-electron chi connectivity index (χ0n) is 18.5. The average molecular weight is 520 g/mol. The van der Waals surface area contributed by atoms with Crippen molar-refractivity contribution in [3.05, 3.63) is 63.0 Å². The van der Waals surface area contributed by atoms with Crippen LogP contribution in [0.1, 0.15) is 27.0 Å². The van der Waals surface area contributed by atoms with E-state index in [1.807, 2.05) is 17.0 Å². The zero-order valence-corrected chi connectivity index (χ0v) is 20.8. The summed E-state index contributed by atoms with van der Waals surface area (Å²) < 4.78 is 5.84. The Hall–Kier alpha value is -2.65. The molecule has 1 N–H and O–H groups in total. The van der Waals surface area contributed by atoms with Gasteiger partial charge in [0.15, 0.2) is 0 Å². The van der Waals surface area contributed by atoms with Gasteiger partial charge in [0.1, 0.15) is 4.88 Å². The highest BCUT2D eigenvalue weighted by Crippen LogP contribution is 2.37. The Kier molecular flexibility index (Phi) is 7.73. The van der Waals surface area contributed by atoms with Crippen molar-refractivity contribution >= 4 is 68.1 Å². The molecule has 0 saturated carbocycles. The molecule has 4 rings (SSSR count). The van der Waals surface area contributed by atoms with E-state index >= 15 is 0 Å². The number of anilines is 1. The lowest BCUT2D eigenvalue weighted by Crippen LogP contribution is -2.50. The van der Waals surface area contributed by atoms with Gasteiger partial charge in [0.25, 0.3) is 5.91 Å². The number of benzene rings is 2. The van der Waals surface area contributed by atoms with Gasteiger partial charge in [0, 0.05) is 47.0 Å². The molecule has 34 heavy (non-hydrogen) atoms. The second-order valence-corrected chi connectivity index (χ2v) is 9.67. The van der Waals surface area contributed by atoms with E-state index in [4.69, 9.17) is 27.9 Å². The van der Waals surface area contributed by atoms with E-state index in [-0.39, 0.29) is 18.4 Å². The SMILES string of the molecule is CCOC(=O)c1ccc(NC(=O)CN2CCN(C(=O)c3sc4cc(Cl)ccc4c3Cl)CC2)cc1. The third-order valence-corrected chi connectivity index (χ3v) is 7.37. The number of carbonyl (C=O) groups is 3. The van der Waals surface area contributed by atoms with Crippen molar-refractivity contribution in [2.45, 2.75) is 6.92 Å². The summed E-state index contributed by atoms with van der Waals surface area (Å²) in [6.07, 6.45) is 0. The van der Waals surface area contributed by atoms with Crippen molar-refractivity contribution in [1.82, 2.24) is 9.80 Å². The van der Waals surface area contributed by atoms with Crippen LogP contribution in [0.15, 0.2) is 42.5 Å². The van der Waals surface area contributed by atoms with Gasteiger partial charge in [0.05, 0.1) is 23.7 Å². The fourth-order valence-electron chi connectivity index (χ4n) is 3.74. The Morgan fingerprint density at radius 3 is 2.41 bits per heavy atom. The molecular formula is C24H23Cl2N3O4S. The molecule has 0 atom stereocenters. The van der Waals surface area contributed by atoms with Crippen LogP contribution in [0.2, 0.25) is 10.0 Å². The van der Waals surface area contributed by atoms with E-state index < -0.39 is 5.97 Å². The van der Waals surface area contributed by atoms with Crippen LogP contribution < -0.4 is 5.32 Å². The maximum atomic E-state index is 13.0. The Morgan fingerprint density at radius 1 is 1.03 bits per heavy atom. The molecule has 10 heteroatoms. The second kappa shape index (κ2) is 10.7. The summed E-state index contributed by atoms with van der Waals surface area (Å²) in [5.74, 6) is -0.658. The van der Waals surface area contributed by atoms with Crippen molar-refractivity contribution in [3.63, 3.8) is 0 Å². The Labute approximate surface area is 211 Å². The lowest BCUT2D eigenvalue weighted by molar-refractivity contribution is -0.117. The minimum Gasteiger partial charge on any atom is -0.462 e. The molecule has 1 aromatic heterocycles. The molecule has 0 aliphatic carbocycles. The fraction of sp³-hybridized carbons (Fsp3) is 0.292. The van der Waals surface area contributed by atoms with Gasteiger partial charge in [-0.1, -0.05) is 29.3 Å². The van der Waals surface area contributed by atoms with E-state index in [0.717, 1.165) is 10.1 Å². The predicted molar refractivity (Wildman–Crippen MR) is 135 cm³/mol. The molecule has 2 heterocycles. The first kappa shape index (κ1) is 24.5. The number of ether oxygens (including phenoxy) is 1. The van der Waals surface area contributed by atoms with E-state index in [2.05, 4.69) is 5.32 Å². The Bertz CT molecular complexity index is 1220. The number of piperazine rings is 1. The van der Waals surface area contributed by atoms with Crippen molar-refractivity contribution in [1.29, 1.82) is 0 Å². The quantitative estimate of drug-likeness (QED) is 0.474. The molecule has 0 unspecified atom stereocenters. The second-order valence-electron chi connectivity index (χ2n) is 7.80. The van der Waals surface area contributed by atoms with Gasteiger partial charge in [-0.2, -0.15) is 0 Å². The molecule has 2 aromatic carbocycles. The number of rotatable bonds is 6. The molecule has 1 aliphatic heterocycles. The first-order valence-corrected chi connectivity index (χ1v) is 12.4. The highest BCUT2D eigenvalue weighted by Gasteiger charge is 2.27. The number of fused-ring (bicyclic) bond motifs is 1. The van der Waals surface area contributed by atoms with E-state index in [1.54, 1.807) is 42.2 Å². The van der Waals surface area contributed by atoms with E-state index in [9.17, 15) is 14.4 Å². The van der Waals surface area contributed by atoms with Crippen LogP contribution in [0, 0.1) is 0 Å². The molecule has 0 radical (unpaired) electrons. The lowest BCUT2D eigenvalue weighted by atomic mass is 10.2. The van der Waals surface area contributed by atoms with E-state index in [1.165, 1.54) is 11.3 Å². The summed E-state index contributed by atoms with van der Waals surface area (Å²) in [5, 5.41) is 4.72. The minimum absolute atomic E-state index is 0.104. The van der Waals surface area contributed by atoms with Crippen LogP contribution in [0.3, 0.4) is 0 Å². The van der Waals surface area contributed by atoms with Crippen molar-refractivity contribution in [2.24, 2.45) is 0 Å². The fourth-order valence-corrected chi connectivity index (χ4v) is 5.49. The van der Waals surface area contributed by atoms with Gasteiger partial charge in [0.2, 0.25) is 5.91 Å². The van der Waals surface area contributed by atoms with Crippen LogP contribution in [-0.4, -0.2) is 66.9 Å². The van der Waals surface area contributed by atoms with Gasteiger partial charge in [-0.3, -0.25) is 14.5 Å². The molecule has 0 bridgehead atoms. The Morgan fingerprint density at radius 2 is 1.74 bits per heavy atom. The molecule has 1 fully saturated rings. The number of carbonyl (C=O) groups excluding carboxylic acids is 3. The molecule has 1 aliphatic rings. The van der Waals surface area contributed by atoms with Gasteiger partial charge in [-0.05, 0) is 43.3 Å². The largest absolute Gasteiger partial charge is 0.462 e. The predicted octanol–water partition coefficient (Wildman–Crippen LogP) is 4.78. The third-order valence-electron chi connectivity index (χ3n) is 5.49. The monoisotopic (exact) mass is 519 g/mol. The molecule has 2 amide bonds. The van der Waals surface area contributed by atoms with Crippen LogP contribution in [-0.2, 0) is 9.53 Å².